The number of fused-ring (bicyclic) bond motifs is 2. The van der Waals surface area contributed by atoms with Gasteiger partial charge in [-0.15, -0.1) is 0 Å². The lowest BCUT2D eigenvalue weighted by atomic mass is 10.1. The molecule has 22 heavy (non-hydrogen) atoms. The Kier molecular flexibility index (Phi) is 3.19. The Morgan fingerprint density at radius 2 is 1.91 bits per heavy atom. The van der Waals surface area contributed by atoms with Crippen LogP contribution in [0.2, 0.25) is 0 Å². The first-order chi connectivity index (χ1) is 10.6. The maximum atomic E-state index is 14.3. The molecule has 0 aliphatic heterocycles. The van der Waals surface area contributed by atoms with E-state index in [0.717, 1.165) is 11.1 Å². The predicted octanol–water partition coefficient (Wildman–Crippen LogP) is 4.61. The summed E-state index contributed by atoms with van der Waals surface area (Å²) in [5.74, 6) is -0.365. The highest BCUT2D eigenvalue weighted by Gasteiger charge is 2.15. The van der Waals surface area contributed by atoms with Gasteiger partial charge >= 0.3 is 0 Å². The van der Waals surface area contributed by atoms with Gasteiger partial charge in [-0.3, -0.25) is 9.38 Å². The number of benzene rings is 1. The van der Waals surface area contributed by atoms with Crippen LogP contribution in [0.4, 0.5) is 4.39 Å². The topological polar surface area (TPSA) is 43.1 Å². The molecule has 0 saturated heterocycles. The van der Waals surface area contributed by atoms with E-state index in [0.29, 0.717) is 25.9 Å². The monoisotopic (exact) mass is 420 g/mol. The molecule has 108 valence electrons. The molecule has 0 aliphatic rings. The van der Waals surface area contributed by atoms with Crippen LogP contribution in [0, 0.1) is 5.82 Å². The van der Waals surface area contributed by atoms with Gasteiger partial charge in [0.25, 0.3) is 0 Å². The third kappa shape index (κ3) is 2.04. The minimum Gasteiger partial charge on any atom is -0.295 e. The van der Waals surface area contributed by atoms with Gasteiger partial charge in [-0.2, -0.15) is 0 Å². The summed E-state index contributed by atoms with van der Waals surface area (Å²) in [7, 11) is 0. The molecular formula is C15H7Br2FN4. The molecule has 0 spiro atoms. The second-order valence-corrected chi connectivity index (χ2v) is 6.20. The minimum atomic E-state index is -0.365. The lowest BCUT2D eigenvalue weighted by Gasteiger charge is -2.10. The van der Waals surface area contributed by atoms with Crippen molar-refractivity contribution in [3.63, 3.8) is 0 Å². The minimum absolute atomic E-state index is 0.356. The van der Waals surface area contributed by atoms with E-state index < -0.39 is 0 Å². The molecule has 0 saturated carbocycles. The number of hydrogen-bond acceptors (Lipinski definition) is 3. The maximum Gasteiger partial charge on any atom is 0.170 e. The van der Waals surface area contributed by atoms with Crippen LogP contribution in [0.15, 0.2) is 52.1 Å². The second kappa shape index (κ2) is 5.10. The number of imidazole rings is 1. The van der Waals surface area contributed by atoms with Crippen molar-refractivity contribution >= 4 is 48.4 Å². The number of hydrogen-bond donors (Lipinski definition) is 0. The third-order valence-corrected chi connectivity index (χ3v) is 4.47. The Morgan fingerprint density at radius 1 is 1.05 bits per heavy atom. The number of pyridine rings is 1. The Hall–Kier alpha value is -1.86. The zero-order chi connectivity index (χ0) is 15.3. The van der Waals surface area contributed by atoms with E-state index in [1.165, 1.54) is 6.07 Å². The van der Waals surface area contributed by atoms with Crippen molar-refractivity contribution in [2.45, 2.75) is 0 Å². The molecule has 0 fully saturated rings. The van der Waals surface area contributed by atoms with Gasteiger partial charge in [0.15, 0.2) is 10.3 Å². The summed E-state index contributed by atoms with van der Waals surface area (Å²) >= 11 is 6.83. The van der Waals surface area contributed by atoms with Gasteiger partial charge in [0.2, 0.25) is 0 Å². The number of halogens is 3. The van der Waals surface area contributed by atoms with Gasteiger partial charge < -0.3 is 0 Å². The molecule has 4 nitrogen and oxygen atoms in total. The van der Waals surface area contributed by atoms with Crippen molar-refractivity contribution in [2.24, 2.45) is 0 Å². The van der Waals surface area contributed by atoms with E-state index in [1.807, 2.05) is 22.7 Å². The Labute approximate surface area is 141 Å². The van der Waals surface area contributed by atoms with Crippen molar-refractivity contribution < 1.29 is 4.39 Å². The lowest BCUT2D eigenvalue weighted by Crippen LogP contribution is -1.98. The Balaban J connectivity index is 2.09. The summed E-state index contributed by atoms with van der Waals surface area (Å²) < 4.78 is 17.4. The molecule has 4 aromatic rings. The summed E-state index contributed by atoms with van der Waals surface area (Å²) in [5.41, 5.74) is 2.47. The molecule has 3 aromatic heterocycles. The van der Waals surface area contributed by atoms with Gasteiger partial charge in [-0.25, -0.2) is 14.4 Å². The zero-order valence-corrected chi connectivity index (χ0v) is 14.1. The van der Waals surface area contributed by atoms with Crippen LogP contribution in [0.25, 0.3) is 27.8 Å². The third-order valence-electron chi connectivity index (χ3n) is 3.39. The van der Waals surface area contributed by atoms with Gasteiger partial charge in [-0.05, 0) is 50.1 Å². The van der Waals surface area contributed by atoms with E-state index in [9.17, 15) is 4.39 Å². The highest BCUT2D eigenvalue weighted by atomic mass is 79.9. The first-order valence-corrected chi connectivity index (χ1v) is 7.96. The quantitative estimate of drug-likeness (QED) is 0.450. The Bertz CT molecular complexity index is 1030. The van der Waals surface area contributed by atoms with Gasteiger partial charge in [0.1, 0.15) is 15.9 Å². The molecule has 0 aliphatic carbocycles. The molecule has 0 amide bonds. The normalized spacial score (nSPS) is 11.4. The highest BCUT2D eigenvalue weighted by Crippen LogP contribution is 2.32. The van der Waals surface area contributed by atoms with E-state index >= 15 is 0 Å². The van der Waals surface area contributed by atoms with Gasteiger partial charge in [-0.1, -0.05) is 6.07 Å². The van der Waals surface area contributed by atoms with Gasteiger partial charge in [0.05, 0.1) is 5.69 Å². The van der Waals surface area contributed by atoms with Crippen molar-refractivity contribution in [2.75, 3.05) is 0 Å². The molecule has 1 aromatic carbocycles. The first kappa shape index (κ1) is 13.8. The van der Waals surface area contributed by atoms with Crippen LogP contribution in [0.3, 0.4) is 0 Å². The molecule has 0 atom stereocenters. The molecule has 0 unspecified atom stereocenters. The summed E-state index contributed by atoms with van der Waals surface area (Å²) in [6.07, 6.45) is 5.07. The predicted molar refractivity (Wildman–Crippen MR) is 89.1 cm³/mol. The van der Waals surface area contributed by atoms with Crippen LogP contribution in [0.5, 0.6) is 0 Å². The van der Waals surface area contributed by atoms with Crippen molar-refractivity contribution in [1.29, 1.82) is 0 Å². The summed E-state index contributed by atoms with van der Waals surface area (Å²) in [5, 5.41) is 0.737. The van der Waals surface area contributed by atoms with Crippen molar-refractivity contribution in [3.05, 3.63) is 57.9 Å². The van der Waals surface area contributed by atoms with E-state index in [2.05, 4.69) is 46.8 Å². The fourth-order valence-electron chi connectivity index (χ4n) is 2.47. The number of rotatable bonds is 1. The Morgan fingerprint density at radius 3 is 2.77 bits per heavy atom. The summed E-state index contributed by atoms with van der Waals surface area (Å²) in [6.45, 7) is 0. The number of aromatic nitrogens is 4. The van der Waals surface area contributed by atoms with Crippen molar-refractivity contribution in [3.8, 4) is 11.3 Å². The lowest BCUT2D eigenvalue weighted by molar-refractivity contribution is 0.637. The van der Waals surface area contributed by atoms with Crippen LogP contribution in [0.1, 0.15) is 0 Å². The van der Waals surface area contributed by atoms with E-state index in [1.54, 1.807) is 18.5 Å². The molecule has 7 heteroatoms. The SMILES string of the molecule is Fc1cc(-c2c(Br)nc(Br)c3nccn23)cc2cccnc12. The van der Waals surface area contributed by atoms with E-state index in [4.69, 9.17) is 0 Å². The van der Waals surface area contributed by atoms with Crippen LogP contribution < -0.4 is 0 Å². The highest BCUT2D eigenvalue weighted by molar-refractivity contribution is 9.11. The van der Waals surface area contributed by atoms with E-state index in [-0.39, 0.29) is 5.82 Å². The molecule has 0 radical (unpaired) electrons. The average molecular weight is 422 g/mol. The standard InChI is InChI=1S/C15H7Br2FN4/c16-13-12(22-5-4-20-15(22)14(17)21-13)9-6-8-2-1-3-19-11(8)10(18)7-9/h1-7H. The number of nitrogens with zero attached hydrogens (tertiary/aromatic N) is 4. The van der Waals surface area contributed by atoms with Crippen LogP contribution >= 0.6 is 31.9 Å². The molecule has 3 heterocycles. The fourth-order valence-corrected chi connectivity index (χ4v) is 3.77. The average Bonchev–Trinajstić information content (AvgIpc) is 2.97. The molecule has 0 N–H and O–H groups in total. The molecule has 4 rings (SSSR count). The second-order valence-electron chi connectivity index (χ2n) is 4.70. The largest absolute Gasteiger partial charge is 0.295 e. The maximum absolute atomic E-state index is 14.3. The fraction of sp³-hybridized carbons (Fsp3) is 0. The first-order valence-electron chi connectivity index (χ1n) is 6.38. The van der Waals surface area contributed by atoms with Gasteiger partial charge in [0, 0.05) is 29.5 Å². The summed E-state index contributed by atoms with van der Waals surface area (Å²) in [6, 6.07) is 6.97. The van der Waals surface area contributed by atoms with Crippen LogP contribution in [-0.4, -0.2) is 19.4 Å². The van der Waals surface area contributed by atoms with Crippen molar-refractivity contribution in [1.82, 2.24) is 19.4 Å². The smallest absolute Gasteiger partial charge is 0.170 e. The summed E-state index contributed by atoms with van der Waals surface area (Å²) in [4.78, 5) is 12.7. The molecular weight excluding hydrogens is 415 g/mol. The zero-order valence-electron chi connectivity index (χ0n) is 11.0. The van der Waals surface area contributed by atoms with Crippen LogP contribution in [-0.2, 0) is 0 Å². The molecule has 0 bridgehead atoms.